The zero-order chi connectivity index (χ0) is 23.6. The molecule has 2 N–H and O–H groups in total. The number of nitrogens with one attached hydrogen (secondary N) is 2. The summed E-state index contributed by atoms with van der Waals surface area (Å²) in [5, 5.41) is 7.54. The van der Waals surface area contributed by atoms with Crippen molar-refractivity contribution in [1.82, 2.24) is 29.8 Å². The number of halogens is 2. The fourth-order valence-electron chi connectivity index (χ4n) is 5.97. The van der Waals surface area contributed by atoms with E-state index in [4.69, 9.17) is 11.6 Å². The van der Waals surface area contributed by atoms with Gasteiger partial charge in [-0.2, -0.15) is 9.49 Å². The second-order valence-corrected chi connectivity index (χ2v) is 9.99. The van der Waals surface area contributed by atoms with E-state index in [0.717, 1.165) is 51.1 Å². The number of nitrogens with zero attached hydrogens (tertiary/aromatic N) is 5. The van der Waals surface area contributed by atoms with E-state index in [1.807, 2.05) is 4.90 Å². The van der Waals surface area contributed by atoms with Gasteiger partial charge in [0.2, 0.25) is 5.95 Å². The standard InChI is InChI=1S/C23H25ClFN7O2/c1-26-20(33)16-2-3-17(19(25)27-16)30-7-4-13(5-8-30)31-12-23(10-14(31)11-23)22-28-21(34)18-15(24)6-9-32(18)29-22/h2-3,6,9,13-14H,4-5,7-8,10-12H2,1H3,(H,26,33)(H,28,29,34). The van der Waals surface area contributed by atoms with Gasteiger partial charge < -0.3 is 15.2 Å². The number of hydrogen-bond donors (Lipinski definition) is 2. The summed E-state index contributed by atoms with van der Waals surface area (Å²) in [4.78, 5) is 35.7. The third kappa shape index (κ3) is 3.23. The van der Waals surface area contributed by atoms with E-state index in [9.17, 15) is 14.0 Å². The Bertz CT molecular complexity index is 1340. The summed E-state index contributed by atoms with van der Waals surface area (Å²) in [7, 11) is 1.50. The highest BCUT2D eigenvalue weighted by atomic mass is 35.5. The van der Waals surface area contributed by atoms with Gasteiger partial charge in [0, 0.05) is 50.4 Å². The Labute approximate surface area is 199 Å². The van der Waals surface area contributed by atoms with Crippen LogP contribution in [0.3, 0.4) is 0 Å². The predicted molar refractivity (Wildman–Crippen MR) is 125 cm³/mol. The summed E-state index contributed by atoms with van der Waals surface area (Å²) in [6, 6.07) is 5.77. The fraction of sp³-hybridized carbons (Fsp3) is 0.478. The molecule has 11 heteroatoms. The molecule has 4 fully saturated rings. The lowest BCUT2D eigenvalue weighted by atomic mass is 9.69. The van der Waals surface area contributed by atoms with Crippen molar-refractivity contribution >= 4 is 28.7 Å². The summed E-state index contributed by atoms with van der Waals surface area (Å²) >= 11 is 6.11. The maximum absolute atomic E-state index is 14.6. The number of anilines is 1. The van der Waals surface area contributed by atoms with Gasteiger partial charge in [-0.15, -0.1) is 0 Å². The minimum Gasteiger partial charge on any atom is -0.368 e. The average Bonchev–Trinajstić information content (AvgIpc) is 3.50. The maximum Gasteiger partial charge on any atom is 0.276 e. The summed E-state index contributed by atoms with van der Waals surface area (Å²) < 4.78 is 16.2. The summed E-state index contributed by atoms with van der Waals surface area (Å²) in [5.41, 5.74) is 0.562. The highest BCUT2D eigenvalue weighted by molar-refractivity contribution is 6.33. The molecule has 9 nitrogen and oxygen atoms in total. The van der Waals surface area contributed by atoms with Gasteiger partial charge in [0.05, 0.1) is 10.7 Å². The molecule has 7 rings (SSSR count). The Hall–Kier alpha value is -2.98. The van der Waals surface area contributed by atoms with E-state index in [-0.39, 0.29) is 16.7 Å². The summed E-state index contributed by atoms with van der Waals surface area (Å²) in [6.45, 7) is 2.31. The number of H-pyrrole nitrogens is 1. The number of carbonyl (C=O) groups excluding carboxylic acids is 1. The largest absolute Gasteiger partial charge is 0.368 e. The van der Waals surface area contributed by atoms with Crippen LogP contribution in [0.25, 0.3) is 5.52 Å². The van der Waals surface area contributed by atoms with Crippen LogP contribution >= 0.6 is 11.6 Å². The van der Waals surface area contributed by atoms with Crippen molar-refractivity contribution in [2.45, 2.75) is 43.2 Å². The molecule has 0 spiro atoms. The predicted octanol–water partition coefficient (Wildman–Crippen LogP) is 1.95. The van der Waals surface area contributed by atoms with Crippen LogP contribution in [0.2, 0.25) is 5.02 Å². The molecule has 3 aromatic rings. The monoisotopic (exact) mass is 485 g/mol. The maximum atomic E-state index is 14.6. The van der Waals surface area contributed by atoms with Crippen LogP contribution in [0.4, 0.5) is 10.1 Å². The van der Waals surface area contributed by atoms with Gasteiger partial charge >= 0.3 is 0 Å². The Balaban J connectivity index is 1.14. The van der Waals surface area contributed by atoms with Gasteiger partial charge in [-0.3, -0.25) is 14.5 Å². The fourth-order valence-corrected chi connectivity index (χ4v) is 6.20. The second kappa shape index (κ2) is 7.78. The molecule has 1 saturated carbocycles. The summed E-state index contributed by atoms with van der Waals surface area (Å²) in [5.74, 6) is -0.281. The van der Waals surface area contributed by atoms with Crippen LogP contribution in [0, 0.1) is 5.95 Å². The second-order valence-electron chi connectivity index (χ2n) is 9.58. The van der Waals surface area contributed by atoms with E-state index in [0.29, 0.717) is 28.3 Å². The van der Waals surface area contributed by atoms with Crippen LogP contribution in [-0.2, 0) is 5.41 Å². The number of rotatable bonds is 4. The topological polar surface area (TPSA) is 98.6 Å². The first-order valence-electron chi connectivity index (χ1n) is 11.6. The molecule has 1 amide bonds. The third-order valence-corrected chi connectivity index (χ3v) is 8.05. The highest BCUT2D eigenvalue weighted by Gasteiger charge is 2.59. The Morgan fingerprint density at radius 2 is 2.00 bits per heavy atom. The number of aromatic nitrogens is 4. The quantitative estimate of drug-likeness (QED) is 0.548. The number of hydrogen-bond acceptors (Lipinski definition) is 6. The van der Waals surface area contributed by atoms with Crippen molar-refractivity contribution in [3.05, 3.63) is 57.2 Å². The molecule has 3 aromatic heterocycles. The zero-order valence-electron chi connectivity index (χ0n) is 18.7. The molecule has 4 aliphatic rings. The number of amides is 1. The SMILES string of the molecule is CNC(=O)c1ccc(N2CCC(N3CC4(c5nn6ccc(Cl)c6c(=O)[nH]5)CC3C4)CC2)c(F)n1. The lowest BCUT2D eigenvalue weighted by Crippen LogP contribution is -2.46. The Morgan fingerprint density at radius 1 is 1.24 bits per heavy atom. The number of fused-ring (bicyclic) bond motifs is 2. The molecule has 6 heterocycles. The van der Waals surface area contributed by atoms with Crippen molar-refractivity contribution in [1.29, 1.82) is 0 Å². The number of piperidine rings is 1. The minimum atomic E-state index is -0.613. The smallest absolute Gasteiger partial charge is 0.276 e. The highest BCUT2D eigenvalue weighted by Crippen LogP contribution is 2.53. The van der Waals surface area contributed by atoms with Crippen LogP contribution in [0.1, 0.15) is 42.0 Å². The molecule has 0 aromatic carbocycles. The Morgan fingerprint density at radius 3 is 2.71 bits per heavy atom. The first kappa shape index (κ1) is 21.5. The third-order valence-electron chi connectivity index (χ3n) is 7.74. The zero-order valence-corrected chi connectivity index (χ0v) is 19.5. The minimum absolute atomic E-state index is 0.0767. The number of aromatic amines is 1. The van der Waals surface area contributed by atoms with Gasteiger partial charge in [0.1, 0.15) is 17.0 Å². The van der Waals surface area contributed by atoms with Crippen LogP contribution in [0.5, 0.6) is 0 Å². The molecule has 1 aliphatic carbocycles. The Kier molecular flexibility index (Phi) is 4.93. The molecule has 34 heavy (non-hydrogen) atoms. The van der Waals surface area contributed by atoms with Crippen molar-refractivity contribution in [2.75, 3.05) is 31.6 Å². The first-order chi connectivity index (χ1) is 16.4. The van der Waals surface area contributed by atoms with E-state index in [1.165, 1.54) is 7.05 Å². The van der Waals surface area contributed by atoms with Gasteiger partial charge in [-0.1, -0.05) is 11.6 Å². The van der Waals surface area contributed by atoms with Crippen LogP contribution in [-0.4, -0.2) is 69.2 Å². The molecular weight excluding hydrogens is 461 g/mol. The molecule has 0 radical (unpaired) electrons. The van der Waals surface area contributed by atoms with Gasteiger partial charge in [-0.25, -0.2) is 9.50 Å². The first-order valence-corrected chi connectivity index (χ1v) is 11.9. The molecule has 178 valence electrons. The lowest BCUT2D eigenvalue weighted by molar-refractivity contribution is 0.0957. The molecule has 3 aliphatic heterocycles. The van der Waals surface area contributed by atoms with Crippen LogP contribution in [0.15, 0.2) is 29.2 Å². The van der Waals surface area contributed by atoms with E-state index < -0.39 is 11.9 Å². The van der Waals surface area contributed by atoms with E-state index in [1.54, 1.807) is 28.9 Å². The van der Waals surface area contributed by atoms with Crippen LogP contribution < -0.4 is 15.8 Å². The average molecular weight is 486 g/mol. The number of pyridine rings is 1. The van der Waals surface area contributed by atoms with E-state index >= 15 is 0 Å². The van der Waals surface area contributed by atoms with E-state index in [2.05, 4.69) is 25.3 Å². The molecule has 0 atom stereocenters. The van der Waals surface area contributed by atoms with Crippen molar-refractivity contribution in [2.24, 2.45) is 0 Å². The summed E-state index contributed by atoms with van der Waals surface area (Å²) in [6.07, 6.45) is 5.52. The molecular formula is C23H25ClFN7O2. The van der Waals surface area contributed by atoms with Crippen molar-refractivity contribution in [3.8, 4) is 0 Å². The van der Waals surface area contributed by atoms with Gasteiger partial charge in [-0.05, 0) is 43.9 Å². The molecule has 2 bridgehead atoms. The molecule has 3 saturated heterocycles. The lowest BCUT2D eigenvalue weighted by Gasteiger charge is -2.40. The van der Waals surface area contributed by atoms with Crippen molar-refractivity contribution < 1.29 is 9.18 Å². The van der Waals surface area contributed by atoms with Gasteiger partial charge in [0.25, 0.3) is 11.5 Å². The normalized spacial score (nSPS) is 25.0. The van der Waals surface area contributed by atoms with Gasteiger partial charge in [0.15, 0.2) is 0 Å². The van der Waals surface area contributed by atoms with Crippen molar-refractivity contribution in [3.63, 3.8) is 0 Å². The molecule has 0 unspecified atom stereocenters. The number of carbonyl (C=O) groups is 1.